The van der Waals surface area contributed by atoms with Gasteiger partial charge in [-0.1, -0.05) is 38.5 Å². The highest BCUT2D eigenvalue weighted by atomic mass is 19.3. The van der Waals surface area contributed by atoms with Crippen molar-refractivity contribution in [3.8, 4) is 0 Å². The fraction of sp³-hybridized carbons (Fsp3) is 0.571. The number of nitrogens with one attached hydrogen (secondary N) is 1. The first-order valence-electron chi connectivity index (χ1n) is 6.31. The largest absolute Gasteiger partial charge is 0.316 e. The molecule has 18 heavy (non-hydrogen) atoms. The summed E-state index contributed by atoms with van der Waals surface area (Å²) in [7, 11) is 0. The Morgan fingerprint density at radius 3 is 1.72 bits per heavy atom. The van der Waals surface area contributed by atoms with E-state index in [1.54, 1.807) is 18.2 Å². The van der Waals surface area contributed by atoms with Gasteiger partial charge in [-0.15, -0.1) is 0 Å². The monoisotopic (exact) mass is 261 g/mol. The van der Waals surface area contributed by atoms with Crippen molar-refractivity contribution in [1.29, 1.82) is 0 Å². The molecule has 0 radical (unpaired) electrons. The number of piperidine rings is 1. The van der Waals surface area contributed by atoms with Crippen molar-refractivity contribution < 1.29 is 13.2 Å². The van der Waals surface area contributed by atoms with Crippen LogP contribution < -0.4 is 5.32 Å². The average molecular weight is 261 g/mol. The van der Waals surface area contributed by atoms with Crippen molar-refractivity contribution in [1.82, 2.24) is 5.32 Å². The summed E-state index contributed by atoms with van der Waals surface area (Å²) in [6, 6.07) is 7.94. The Hall–Kier alpha value is -1.03. The maximum absolute atomic E-state index is 12.2. The standard InChI is InChI=1S/C6H5F.C5H9F2N.C3H8/c7-6-4-2-1-3-5-6;6-5(7)1-3-8-4-2-5;1-3-2/h1-5H;8H,1-4H2;3H2,1-2H3. The van der Waals surface area contributed by atoms with E-state index in [9.17, 15) is 13.2 Å². The van der Waals surface area contributed by atoms with E-state index in [0.29, 0.717) is 13.1 Å². The number of hydrogen-bond acceptors (Lipinski definition) is 1. The first-order valence-corrected chi connectivity index (χ1v) is 6.31. The van der Waals surface area contributed by atoms with Crippen molar-refractivity contribution in [2.24, 2.45) is 0 Å². The summed E-state index contributed by atoms with van der Waals surface area (Å²) in [4.78, 5) is 0. The number of rotatable bonds is 0. The minimum absolute atomic E-state index is 0.00694. The molecule has 1 aromatic rings. The van der Waals surface area contributed by atoms with Crippen LogP contribution in [0.25, 0.3) is 0 Å². The molecule has 0 amide bonds. The number of benzene rings is 1. The zero-order chi connectivity index (χ0) is 13.9. The van der Waals surface area contributed by atoms with Crippen LogP contribution in [0.15, 0.2) is 30.3 Å². The molecule has 2 rings (SSSR count). The van der Waals surface area contributed by atoms with E-state index in [4.69, 9.17) is 0 Å². The van der Waals surface area contributed by atoms with E-state index in [1.807, 2.05) is 0 Å². The third kappa shape index (κ3) is 10.1. The Morgan fingerprint density at radius 2 is 1.50 bits per heavy atom. The first-order chi connectivity index (χ1) is 8.52. The lowest BCUT2D eigenvalue weighted by Crippen LogP contribution is -2.35. The van der Waals surface area contributed by atoms with Gasteiger partial charge in [0, 0.05) is 25.9 Å². The summed E-state index contributed by atoms with van der Waals surface area (Å²) in [6.45, 7) is 5.18. The van der Waals surface area contributed by atoms with Crippen LogP contribution in [-0.2, 0) is 0 Å². The van der Waals surface area contributed by atoms with Gasteiger partial charge < -0.3 is 5.32 Å². The van der Waals surface area contributed by atoms with Gasteiger partial charge in [0.2, 0.25) is 0 Å². The SMILES string of the molecule is CCC.FC1(F)CCNCC1.Fc1ccccc1. The van der Waals surface area contributed by atoms with Gasteiger partial charge >= 0.3 is 0 Å². The third-order valence-electron chi connectivity index (χ3n) is 2.07. The highest BCUT2D eigenvalue weighted by molar-refractivity contribution is 5.02. The molecule has 104 valence electrons. The maximum atomic E-state index is 12.2. The summed E-state index contributed by atoms with van der Waals surface area (Å²) < 4.78 is 36.2. The summed E-state index contributed by atoms with van der Waals surface area (Å²) in [5, 5.41) is 2.86. The second kappa shape index (κ2) is 9.95. The molecule has 1 nitrogen and oxygen atoms in total. The highest BCUT2D eigenvalue weighted by Crippen LogP contribution is 2.23. The molecule has 0 saturated carbocycles. The molecule has 0 aliphatic carbocycles. The van der Waals surface area contributed by atoms with E-state index in [1.165, 1.54) is 18.6 Å². The molecule has 1 aromatic carbocycles. The molecular formula is C14H22F3N. The van der Waals surface area contributed by atoms with Crippen LogP contribution in [-0.4, -0.2) is 19.0 Å². The van der Waals surface area contributed by atoms with Crippen molar-refractivity contribution in [2.75, 3.05) is 13.1 Å². The van der Waals surface area contributed by atoms with Crippen LogP contribution >= 0.6 is 0 Å². The Bertz CT molecular complexity index is 280. The van der Waals surface area contributed by atoms with Crippen LogP contribution in [0.1, 0.15) is 33.1 Å². The maximum Gasteiger partial charge on any atom is 0.250 e. The molecule has 1 fully saturated rings. The number of alkyl halides is 2. The minimum atomic E-state index is -2.38. The topological polar surface area (TPSA) is 12.0 Å². The molecule has 4 heteroatoms. The predicted octanol–water partition coefficient (Wildman–Crippen LogP) is 4.25. The van der Waals surface area contributed by atoms with Crippen molar-refractivity contribution >= 4 is 0 Å². The predicted molar refractivity (Wildman–Crippen MR) is 69.4 cm³/mol. The van der Waals surface area contributed by atoms with E-state index in [2.05, 4.69) is 19.2 Å². The van der Waals surface area contributed by atoms with Gasteiger partial charge in [-0.25, -0.2) is 13.2 Å². The van der Waals surface area contributed by atoms with Gasteiger partial charge in [-0.2, -0.15) is 0 Å². The van der Waals surface area contributed by atoms with Gasteiger partial charge in [0.1, 0.15) is 5.82 Å². The lowest BCUT2D eigenvalue weighted by atomic mass is 10.1. The Balaban J connectivity index is 0.000000267. The van der Waals surface area contributed by atoms with Crippen LogP contribution in [0.5, 0.6) is 0 Å². The molecule has 1 saturated heterocycles. The fourth-order valence-corrected chi connectivity index (χ4v) is 1.21. The third-order valence-corrected chi connectivity index (χ3v) is 2.07. The zero-order valence-electron chi connectivity index (χ0n) is 11.1. The van der Waals surface area contributed by atoms with Crippen molar-refractivity contribution in [3.63, 3.8) is 0 Å². The van der Waals surface area contributed by atoms with E-state index < -0.39 is 5.92 Å². The number of halogens is 3. The second-order valence-corrected chi connectivity index (χ2v) is 4.11. The highest BCUT2D eigenvalue weighted by Gasteiger charge is 2.30. The van der Waals surface area contributed by atoms with Crippen LogP contribution in [0.2, 0.25) is 0 Å². The van der Waals surface area contributed by atoms with Gasteiger partial charge in [0.25, 0.3) is 5.92 Å². The molecule has 0 bridgehead atoms. The lowest BCUT2D eigenvalue weighted by molar-refractivity contribution is -0.0274. The molecule has 1 heterocycles. The first kappa shape index (κ1) is 17.0. The van der Waals surface area contributed by atoms with Crippen LogP contribution in [0.3, 0.4) is 0 Å². The summed E-state index contributed by atoms with van der Waals surface area (Å²) in [5.41, 5.74) is 0. The Morgan fingerprint density at radius 1 is 1.06 bits per heavy atom. The molecule has 0 atom stereocenters. The van der Waals surface area contributed by atoms with Crippen molar-refractivity contribution in [3.05, 3.63) is 36.1 Å². The van der Waals surface area contributed by atoms with Crippen molar-refractivity contribution in [2.45, 2.75) is 39.0 Å². The van der Waals surface area contributed by atoms with Gasteiger partial charge in [0.05, 0.1) is 0 Å². The molecule has 0 spiro atoms. The Labute approximate surface area is 107 Å². The number of hydrogen-bond donors (Lipinski definition) is 1. The smallest absolute Gasteiger partial charge is 0.250 e. The fourth-order valence-electron chi connectivity index (χ4n) is 1.21. The van der Waals surface area contributed by atoms with Crippen LogP contribution in [0.4, 0.5) is 13.2 Å². The second-order valence-electron chi connectivity index (χ2n) is 4.11. The molecular weight excluding hydrogens is 239 g/mol. The molecule has 1 aliphatic heterocycles. The van der Waals surface area contributed by atoms with Gasteiger partial charge in [-0.3, -0.25) is 0 Å². The summed E-state index contributed by atoms with van der Waals surface area (Å²) in [6.07, 6.45) is 1.26. The van der Waals surface area contributed by atoms with E-state index >= 15 is 0 Å². The van der Waals surface area contributed by atoms with E-state index in [0.717, 1.165) is 0 Å². The molecule has 0 aromatic heterocycles. The van der Waals surface area contributed by atoms with Gasteiger partial charge in [0.15, 0.2) is 0 Å². The average Bonchev–Trinajstić information content (AvgIpc) is 2.31. The quantitative estimate of drug-likeness (QED) is 0.736. The summed E-state index contributed by atoms with van der Waals surface area (Å²) in [5.74, 6) is -2.56. The molecule has 1 N–H and O–H groups in total. The minimum Gasteiger partial charge on any atom is -0.316 e. The Kier molecular flexibility index (Phi) is 9.38. The zero-order valence-corrected chi connectivity index (χ0v) is 11.1. The normalized spacial score (nSPS) is 16.7. The molecule has 0 unspecified atom stereocenters. The van der Waals surface area contributed by atoms with Gasteiger partial charge in [-0.05, 0) is 12.1 Å². The molecule has 1 aliphatic rings. The summed E-state index contributed by atoms with van der Waals surface area (Å²) >= 11 is 0. The van der Waals surface area contributed by atoms with E-state index in [-0.39, 0.29) is 18.7 Å². The lowest BCUT2D eigenvalue weighted by Gasteiger charge is -2.21. The van der Waals surface area contributed by atoms with Crippen LogP contribution in [0, 0.1) is 5.82 Å².